The van der Waals surface area contributed by atoms with Crippen LogP contribution < -0.4 is 5.73 Å². The summed E-state index contributed by atoms with van der Waals surface area (Å²) in [6.45, 7) is 0.614. The first-order valence-corrected chi connectivity index (χ1v) is 6.41. The van der Waals surface area contributed by atoms with E-state index < -0.39 is 0 Å². The first-order valence-electron chi connectivity index (χ1n) is 6.41. The lowest BCUT2D eigenvalue weighted by Gasteiger charge is -2.31. The molecule has 2 rings (SSSR count). The maximum atomic E-state index is 13.7. The molecule has 94 valence electrons. The van der Waals surface area contributed by atoms with Gasteiger partial charge in [0.25, 0.3) is 0 Å². The van der Waals surface area contributed by atoms with Crippen LogP contribution in [0.15, 0.2) is 18.2 Å². The van der Waals surface area contributed by atoms with E-state index >= 15 is 0 Å². The minimum atomic E-state index is -0.187. The number of nitrogen functional groups attached to an aromatic ring is 1. The lowest BCUT2D eigenvalue weighted by atomic mass is 9.94. The molecule has 2 N–H and O–H groups in total. The highest BCUT2D eigenvalue weighted by Crippen LogP contribution is 2.25. The molecule has 0 saturated heterocycles. The zero-order valence-electron chi connectivity index (χ0n) is 10.5. The van der Waals surface area contributed by atoms with Crippen LogP contribution in [0.3, 0.4) is 0 Å². The van der Waals surface area contributed by atoms with Crippen LogP contribution >= 0.6 is 0 Å². The van der Waals surface area contributed by atoms with Crippen LogP contribution in [0, 0.1) is 5.82 Å². The molecule has 1 aromatic carbocycles. The number of rotatable bonds is 3. The van der Waals surface area contributed by atoms with Gasteiger partial charge < -0.3 is 5.73 Å². The Kier molecular flexibility index (Phi) is 4.00. The fourth-order valence-corrected chi connectivity index (χ4v) is 2.64. The van der Waals surface area contributed by atoms with Crippen molar-refractivity contribution in [2.24, 2.45) is 0 Å². The SMILES string of the molecule is CN(Cc1c(N)cccc1F)C1CCCCC1. The van der Waals surface area contributed by atoms with Gasteiger partial charge in [0, 0.05) is 23.8 Å². The molecule has 1 saturated carbocycles. The number of nitrogens with two attached hydrogens (primary N) is 1. The number of anilines is 1. The molecule has 0 heterocycles. The van der Waals surface area contributed by atoms with E-state index in [1.807, 2.05) is 0 Å². The van der Waals surface area contributed by atoms with E-state index in [1.165, 1.54) is 38.2 Å². The molecule has 17 heavy (non-hydrogen) atoms. The Morgan fingerprint density at radius 2 is 2.00 bits per heavy atom. The zero-order valence-corrected chi connectivity index (χ0v) is 10.5. The molecule has 1 aliphatic carbocycles. The largest absolute Gasteiger partial charge is 0.398 e. The average molecular weight is 236 g/mol. The predicted octanol–water partition coefficient (Wildman–Crippen LogP) is 3.17. The quantitative estimate of drug-likeness (QED) is 0.817. The highest BCUT2D eigenvalue weighted by Gasteiger charge is 2.19. The standard InChI is InChI=1S/C14H21FN2/c1-17(11-6-3-2-4-7-11)10-12-13(15)8-5-9-14(12)16/h5,8-9,11H,2-4,6-7,10,16H2,1H3. The number of nitrogens with zero attached hydrogens (tertiary/aromatic N) is 1. The normalized spacial score (nSPS) is 17.6. The molecule has 0 amide bonds. The van der Waals surface area contributed by atoms with Crippen molar-refractivity contribution in [3.05, 3.63) is 29.6 Å². The minimum absolute atomic E-state index is 0.187. The van der Waals surface area contributed by atoms with Crippen molar-refractivity contribution in [1.29, 1.82) is 0 Å². The third-order valence-corrected chi connectivity index (χ3v) is 3.76. The summed E-state index contributed by atoms with van der Waals surface area (Å²) in [6.07, 6.45) is 6.38. The molecule has 0 unspecified atom stereocenters. The third-order valence-electron chi connectivity index (χ3n) is 3.76. The van der Waals surface area contributed by atoms with Crippen LogP contribution in [-0.4, -0.2) is 18.0 Å². The van der Waals surface area contributed by atoms with Gasteiger partial charge in [-0.3, -0.25) is 4.90 Å². The highest BCUT2D eigenvalue weighted by molar-refractivity contribution is 5.47. The summed E-state index contributed by atoms with van der Waals surface area (Å²) in [5.74, 6) is -0.187. The number of halogens is 1. The van der Waals surface area contributed by atoms with Gasteiger partial charge in [-0.05, 0) is 32.0 Å². The summed E-state index contributed by atoms with van der Waals surface area (Å²) in [6, 6.07) is 5.50. The summed E-state index contributed by atoms with van der Waals surface area (Å²) in [7, 11) is 2.07. The molecule has 0 aromatic heterocycles. The second kappa shape index (κ2) is 5.50. The molecule has 0 bridgehead atoms. The Morgan fingerprint density at radius 1 is 1.29 bits per heavy atom. The van der Waals surface area contributed by atoms with Crippen molar-refractivity contribution in [3.8, 4) is 0 Å². The molecular weight excluding hydrogens is 215 g/mol. The van der Waals surface area contributed by atoms with E-state index in [1.54, 1.807) is 12.1 Å². The van der Waals surface area contributed by atoms with Crippen molar-refractivity contribution in [2.75, 3.05) is 12.8 Å². The second-order valence-electron chi connectivity index (χ2n) is 5.01. The van der Waals surface area contributed by atoms with Crippen molar-refractivity contribution >= 4 is 5.69 Å². The van der Waals surface area contributed by atoms with Crippen LogP contribution in [0.1, 0.15) is 37.7 Å². The Hall–Kier alpha value is -1.09. The van der Waals surface area contributed by atoms with Gasteiger partial charge in [-0.25, -0.2) is 4.39 Å². The lowest BCUT2D eigenvalue weighted by molar-refractivity contribution is 0.183. The van der Waals surface area contributed by atoms with Gasteiger partial charge in [0.15, 0.2) is 0 Å². The molecule has 0 radical (unpaired) electrons. The molecule has 1 aromatic rings. The maximum absolute atomic E-state index is 13.7. The van der Waals surface area contributed by atoms with Crippen LogP contribution in [0.4, 0.5) is 10.1 Å². The second-order valence-corrected chi connectivity index (χ2v) is 5.01. The molecule has 0 aliphatic heterocycles. The van der Waals surface area contributed by atoms with Crippen LogP contribution in [0.5, 0.6) is 0 Å². The Bertz CT molecular complexity index is 352. The monoisotopic (exact) mass is 236 g/mol. The van der Waals surface area contributed by atoms with Gasteiger partial charge in [-0.2, -0.15) is 0 Å². The van der Waals surface area contributed by atoms with E-state index in [9.17, 15) is 4.39 Å². The number of hydrogen-bond donors (Lipinski definition) is 1. The molecule has 3 heteroatoms. The lowest BCUT2D eigenvalue weighted by Crippen LogP contribution is -2.33. The average Bonchev–Trinajstić information content (AvgIpc) is 2.35. The van der Waals surface area contributed by atoms with Crippen LogP contribution in [0.2, 0.25) is 0 Å². The smallest absolute Gasteiger partial charge is 0.129 e. The molecule has 0 atom stereocenters. The highest BCUT2D eigenvalue weighted by atomic mass is 19.1. The van der Waals surface area contributed by atoms with Crippen molar-refractivity contribution in [1.82, 2.24) is 4.90 Å². The van der Waals surface area contributed by atoms with Crippen LogP contribution in [0.25, 0.3) is 0 Å². The van der Waals surface area contributed by atoms with E-state index in [2.05, 4.69) is 11.9 Å². The van der Waals surface area contributed by atoms with Gasteiger partial charge >= 0.3 is 0 Å². The van der Waals surface area contributed by atoms with Gasteiger partial charge in [0.2, 0.25) is 0 Å². The van der Waals surface area contributed by atoms with Gasteiger partial charge in [-0.15, -0.1) is 0 Å². The van der Waals surface area contributed by atoms with E-state index in [-0.39, 0.29) is 5.82 Å². The molecule has 1 fully saturated rings. The summed E-state index contributed by atoms with van der Waals surface area (Å²) >= 11 is 0. The molecule has 0 spiro atoms. The van der Waals surface area contributed by atoms with E-state index in [4.69, 9.17) is 5.73 Å². The van der Waals surface area contributed by atoms with Crippen molar-refractivity contribution < 1.29 is 4.39 Å². The van der Waals surface area contributed by atoms with Crippen LogP contribution in [-0.2, 0) is 6.54 Å². The fourth-order valence-electron chi connectivity index (χ4n) is 2.64. The van der Waals surface area contributed by atoms with Crippen molar-refractivity contribution in [3.63, 3.8) is 0 Å². The van der Waals surface area contributed by atoms with E-state index in [0.717, 1.165) is 0 Å². The predicted molar refractivity (Wildman–Crippen MR) is 69.2 cm³/mol. The fraction of sp³-hybridized carbons (Fsp3) is 0.571. The Morgan fingerprint density at radius 3 is 2.65 bits per heavy atom. The summed E-state index contributed by atoms with van der Waals surface area (Å²) in [5.41, 5.74) is 7.03. The van der Waals surface area contributed by atoms with Gasteiger partial charge in [-0.1, -0.05) is 25.3 Å². The third kappa shape index (κ3) is 2.97. The van der Waals surface area contributed by atoms with Gasteiger partial charge in [0.05, 0.1) is 0 Å². The maximum Gasteiger partial charge on any atom is 0.129 e. The van der Waals surface area contributed by atoms with Gasteiger partial charge in [0.1, 0.15) is 5.82 Å². The number of benzene rings is 1. The minimum Gasteiger partial charge on any atom is -0.398 e. The molecule has 2 nitrogen and oxygen atoms in total. The van der Waals surface area contributed by atoms with Crippen molar-refractivity contribution in [2.45, 2.75) is 44.7 Å². The topological polar surface area (TPSA) is 29.3 Å². The zero-order chi connectivity index (χ0) is 12.3. The Labute approximate surface area is 103 Å². The molecule has 1 aliphatic rings. The first kappa shape index (κ1) is 12.4. The first-order chi connectivity index (χ1) is 8.18. The number of hydrogen-bond acceptors (Lipinski definition) is 2. The summed E-state index contributed by atoms with van der Waals surface area (Å²) in [4.78, 5) is 2.24. The Balaban J connectivity index is 2.04. The summed E-state index contributed by atoms with van der Waals surface area (Å²) in [5, 5.41) is 0. The summed E-state index contributed by atoms with van der Waals surface area (Å²) < 4.78 is 13.7. The van der Waals surface area contributed by atoms with E-state index in [0.29, 0.717) is 23.8 Å². The molecular formula is C14H21FN2.